The molecule has 1 aromatic heterocycles. The maximum Gasteiger partial charge on any atom is 0.103 e. The number of hydrogen-bond acceptors (Lipinski definition) is 4. The fourth-order valence-electron chi connectivity index (χ4n) is 2.73. The molecular weight excluding hydrogens is 238 g/mol. The molecule has 1 atom stereocenters. The van der Waals surface area contributed by atoms with Crippen molar-refractivity contribution in [2.75, 3.05) is 24.6 Å². The van der Waals surface area contributed by atoms with Crippen molar-refractivity contribution in [3.63, 3.8) is 0 Å². The smallest absolute Gasteiger partial charge is 0.103 e. The number of aliphatic hydroxyl groups excluding tert-OH is 1. The van der Waals surface area contributed by atoms with Crippen molar-refractivity contribution in [2.24, 2.45) is 5.92 Å². The molecule has 1 aliphatic rings. The lowest BCUT2D eigenvalue weighted by Crippen LogP contribution is -2.22. The van der Waals surface area contributed by atoms with Crippen LogP contribution in [-0.4, -0.2) is 29.8 Å². The van der Waals surface area contributed by atoms with Gasteiger partial charge in [-0.15, -0.1) is 0 Å². The van der Waals surface area contributed by atoms with Gasteiger partial charge in [-0.25, -0.2) is 0 Å². The van der Waals surface area contributed by atoms with Gasteiger partial charge in [0, 0.05) is 37.2 Å². The first-order valence-corrected chi connectivity index (χ1v) is 6.47. The van der Waals surface area contributed by atoms with E-state index in [9.17, 15) is 10.4 Å². The quantitative estimate of drug-likeness (QED) is 0.888. The average Bonchev–Trinajstić information content (AvgIpc) is 2.94. The summed E-state index contributed by atoms with van der Waals surface area (Å²) in [4.78, 5) is 6.52. The SMILES string of the molecule is N#Cc1cnc2ccccc2c1N1CCC(CO)C1. The largest absolute Gasteiger partial charge is 0.396 e. The summed E-state index contributed by atoms with van der Waals surface area (Å²) in [5.74, 6) is 0.304. The van der Waals surface area contributed by atoms with E-state index in [1.165, 1.54) is 0 Å². The molecule has 1 aliphatic heterocycles. The summed E-state index contributed by atoms with van der Waals surface area (Å²) in [6.07, 6.45) is 2.61. The Morgan fingerprint density at radius 2 is 2.26 bits per heavy atom. The van der Waals surface area contributed by atoms with Crippen LogP contribution in [0.5, 0.6) is 0 Å². The lowest BCUT2D eigenvalue weighted by Gasteiger charge is -2.21. The Labute approximate surface area is 111 Å². The average molecular weight is 253 g/mol. The van der Waals surface area contributed by atoms with Gasteiger partial charge in [0.05, 0.1) is 16.8 Å². The van der Waals surface area contributed by atoms with Crippen LogP contribution in [0.2, 0.25) is 0 Å². The number of benzene rings is 1. The Morgan fingerprint density at radius 3 is 3.00 bits per heavy atom. The van der Waals surface area contributed by atoms with Crippen LogP contribution in [0.3, 0.4) is 0 Å². The van der Waals surface area contributed by atoms with E-state index in [1.807, 2.05) is 24.3 Å². The van der Waals surface area contributed by atoms with Crippen molar-refractivity contribution in [3.8, 4) is 6.07 Å². The zero-order chi connectivity index (χ0) is 13.2. The van der Waals surface area contributed by atoms with Gasteiger partial charge in [-0.3, -0.25) is 4.98 Å². The second-order valence-electron chi connectivity index (χ2n) is 4.93. The number of nitrogens with zero attached hydrogens (tertiary/aromatic N) is 3. The second-order valence-corrected chi connectivity index (χ2v) is 4.93. The summed E-state index contributed by atoms with van der Waals surface area (Å²) in [6, 6.07) is 10.1. The Kier molecular flexibility index (Phi) is 3.06. The van der Waals surface area contributed by atoms with Gasteiger partial charge in [-0.05, 0) is 12.5 Å². The highest BCUT2D eigenvalue weighted by Crippen LogP contribution is 2.32. The molecule has 0 aliphatic carbocycles. The van der Waals surface area contributed by atoms with E-state index in [0.29, 0.717) is 11.5 Å². The van der Waals surface area contributed by atoms with Crippen LogP contribution in [0.15, 0.2) is 30.5 Å². The molecule has 0 amide bonds. The third kappa shape index (κ3) is 2.02. The zero-order valence-electron chi connectivity index (χ0n) is 10.6. The van der Waals surface area contributed by atoms with Gasteiger partial charge >= 0.3 is 0 Å². The number of anilines is 1. The Hall–Kier alpha value is -2.12. The summed E-state index contributed by atoms with van der Waals surface area (Å²) >= 11 is 0. The van der Waals surface area contributed by atoms with Gasteiger partial charge < -0.3 is 10.0 Å². The fourth-order valence-corrected chi connectivity index (χ4v) is 2.73. The highest BCUT2D eigenvalue weighted by Gasteiger charge is 2.25. The number of fused-ring (bicyclic) bond motifs is 1. The molecule has 2 aromatic rings. The van der Waals surface area contributed by atoms with Crippen LogP contribution in [0.25, 0.3) is 10.9 Å². The van der Waals surface area contributed by atoms with Crippen molar-refractivity contribution >= 4 is 16.6 Å². The minimum absolute atomic E-state index is 0.210. The van der Waals surface area contributed by atoms with Crippen LogP contribution in [0.1, 0.15) is 12.0 Å². The Morgan fingerprint density at radius 1 is 1.42 bits per heavy atom. The number of hydrogen-bond donors (Lipinski definition) is 1. The van der Waals surface area contributed by atoms with E-state index in [4.69, 9.17) is 0 Å². The van der Waals surface area contributed by atoms with Crippen molar-refractivity contribution in [2.45, 2.75) is 6.42 Å². The predicted molar refractivity (Wildman–Crippen MR) is 73.9 cm³/mol. The zero-order valence-corrected chi connectivity index (χ0v) is 10.6. The van der Waals surface area contributed by atoms with Gasteiger partial charge in [0.15, 0.2) is 0 Å². The maximum atomic E-state index is 9.30. The fraction of sp³-hybridized carbons (Fsp3) is 0.333. The number of aliphatic hydroxyl groups is 1. The maximum absolute atomic E-state index is 9.30. The molecule has 19 heavy (non-hydrogen) atoms. The van der Waals surface area contributed by atoms with Gasteiger partial charge in [-0.1, -0.05) is 18.2 Å². The standard InChI is InChI=1S/C15H15N3O/c16-7-12-8-17-14-4-2-1-3-13(14)15(12)18-6-5-11(9-18)10-19/h1-4,8,11,19H,5-6,9-10H2. The molecule has 0 radical (unpaired) electrons. The van der Waals surface area contributed by atoms with Gasteiger partial charge in [0.25, 0.3) is 0 Å². The third-order valence-corrected chi connectivity index (χ3v) is 3.73. The number of aromatic nitrogens is 1. The molecular formula is C15H15N3O. The first-order valence-electron chi connectivity index (χ1n) is 6.47. The van der Waals surface area contributed by atoms with E-state index < -0.39 is 0 Å². The van der Waals surface area contributed by atoms with Gasteiger partial charge in [-0.2, -0.15) is 5.26 Å². The molecule has 0 bridgehead atoms. The van der Waals surface area contributed by atoms with Crippen molar-refractivity contribution in [1.82, 2.24) is 4.98 Å². The topological polar surface area (TPSA) is 60.2 Å². The molecule has 96 valence electrons. The monoisotopic (exact) mass is 253 g/mol. The third-order valence-electron chi connectivity index (χ3n) is 3.73. The lowest BCUT2D eigenvalue weighted by molar-refractivity contribution is 0.238. The molecule has 1 aromatic carbocycles. The predicted octanol–water partition coefficient (Wildman–Crippen LogP) is 1.93. The van der Waals surface area contributed by atoms with E-state index in [1.54, 1.807) is 6.20 Å². The summed E-state index contributed by atoms with van der Waals surface area (Å²) in [7, 11) is 0. The first-order chi connectivity index (χ1) is 9.33. The summed E-state index contributed by atoms with van der Waals surface area (Å²) in [6.45, 7) is 1.90. The second kappa shape index (κ2) is 4.87. The van der Waals surface area contributed by atoms with Crippen LogP contribution in [0.4, 0.5) is 5.69 Å². The Balaban J connectivity index is 2.13. The summed E-state index contributed by atoms with van der Waals surface area (Å²) < 4.78 is 0. The molecule has 1 saturated heterocycles. The van der Waals surface area contributed by atoms with E-state index in [-0.39, 0.29) is 6.61 Å². The minimum Gasteiger partial charge on any atom is -0.396 e. The Bertz CT molecular complexity index is 647. The van der Waals surface area contributed by atoms with Crippen molar-refractivity contribution in [3.05, 3.63) is 36.0 Å². The molecule has 1 N–H and O–H groups in total. The van der Waals surface area contributed by atoms with Crippen LogP contribution < -0.4 is 4.90 Å². The normalized spacial score (nSPS) is 18.7. The van der Waals surface area contributed by atoms with Gasteiger partial charge in [0.2, 0.25) is 0 Å². The number of nitriles is 1. The molecule has 0 spiro atoms. The number of para-hydroxylation sites is 1. The highest BCUT2D eigenvalue weighted by atomic mass is 16.3. The number of rotatable bonds is 2. The first kappa shape index (κ1) is 11.9. The number of pyridine rings is 1. The summed E-state index contributed by atoms with van der Waals surface area (Å²) in [5, 5.41) is 19.6. The van der Waals surface area contributed by atoms with Gasteiger partial charge in [0.1, 0.15) is 6.07 Å². The van der Waals surface area contributed by atoms with Crippen molar-refractivity contribution < 1.29 is 5.11 Å². The molecule has 4 nitrogen and oxygen atoms in total. The lowest BCUT2D eigenvalue weighted by atomic mass is 10.1. The molecule has 2 heterocycles. The molecule has 1 unspecified atom stereocenters. The van der Waals surface area contributed by atoms with E-state index in [2.05, 4.69) is 16.0 Å². The van der Waals surface area contributed by atoms with E-state index in [0.717, 1.165) is 36.1 Å². The van der Waals surface area contributed by atoms with E-state index >= 15 is 0 Å². The van der Waals surface area contributed by atoms with Crippen molar-refractivity contribution in [1.29, 1.82) is 5.26 Å². The summed E-state index contributed by atoms with van der Waals surface area (Å²) in [5.41, 5.74) is 2.48. The van der Waals surface area contributed by atoms with Crippen LogP contribution in [0, 0.1) is 17.2 Å². The van der Waals surface area contributed by atoms with Crippen LogP contribution >= 0.6 is 0 Å². The molecule has 1 fully saturated rings. The van der Waals surface area contributed by atoms with Crippen LogP contribution in [-0.2, 0) is 0 Å². The highest BCUT2D eigenvalue weighted by molar-refractivity contribution is 5.94. The molecule has 0 saturated carbocycles. The molecule has 3 rings (SSSR count). The minimum atomic E-state index is 0.210. The molecule has 4 heteroatoms.